The largest absolute Gasteiger partial charge is 0.380 e. The SMILES string of the molecule is CCc1nc2onc(N)c2c2c1CCNC2. The van der Waals surface area contributed by atoms with E-state index in [2.05, 4.69) is 22.4 Å². The highest BCUT2D eigenvalue weighted by atomic mass is 16.5. The second-order valence-electron chi connectivity index (χ2n) is 4.04. The number of aromatic nitrogens is 2. The molecule has 1 aliphatic rings. The average Bonchev–Trinajstić information content (AvgIpc) is 2.70. The smallest absolute Gasteiger partial charge is 0.260 e. The number of fused-ring (bicyclic) bond motifs is 3. The summed E-state index contributed by atoms with van der Waals surface area (Å²) in [5.74, 6) is 0.449. The molecule has 3 heterocycles. The van der Waals surface area contributed by atoms with Crippen molar-refractivity contribution in [1.29, 1.82) is 0 Å². The Morgan fingerprint density at radius 3 is 3.12 bits per heavy atom. The molecule has 0 amide bonds. The summed E-state index contributed by atoms with van der Waals surface area (Å²) < 4.78 is 5.14. The van der Waals surface area contributed by atoms with Crippen LogP contribution < -0.4 is 11.1 Å². The molecule has 3 N–H and O–H groups in total. The lowest BCUT2D eigenvalue weighted by molar-refractivity contribution is 0.451. The lowest BCUT2D eigenvalue weighted by atomic mass is 9.96. The Morgan fingerprint density at radius 1 is 1.44 bits per heavy atom. The van der Waals surface area contributed by atoms with Crippen molar-refractivity contribution in [3.63, 3.8) is 0 Å². The van der Waals surface area contributed by atoms with Crippen LogP contribution in [0.2, 0.25) is 0 Å². The molecule has 0 atom stereocenters. The molecule has 0 fully saturated rings. The van der Waals surface area contributed by atoms with Crippen LogP contribution >= 0.6 is 0 Å². The van der Waals surface area contributed by atoms with E-state index >= 15 is 0 Å². The number of nitrogen functional groups attached to an aromatic ring is 1. The monoisotopic (exact) mass is 218 g/mol. The molecule has 3 rings (SSSR count). The van der Waals surface area contributed by atoms with Crippen LogP contribution in [0.1, 0.15) is 23.7 Å². The van der Waals surface area contributed by atoms with Crippen molar-refractivity contribution in [2.24, 2.45) is 0 Å². The van der Waals surface area contributed by atoms with Crippen LogP contribution in [0.4, 0.5) is 5.82 Å². The molecule has 0 bridgehead atoms. The number of pyridine rings is 1. The van der Waals surface area contributed by atoms with Gasteiger partial charge in [-0.2, -0.15) is 0 Å². The maximum Gasteiger partial charge on any atom is 0.260 e. The lowest BCUT2D eigenvalue weighted by Crippen LogP contribution is -2.25. The van der Waals surface area contributed by atoms with Crippen LogP contribution in [-0.2, 0) is 19.4 Å². The first-order valence-corrected chi connectivity index (χ1v) is 5.57. The minimum absolute atomic E-state index is 0.449. The van der Waals surface area contributed by atoms with Crippen molar-refractivity contribution < 1.29 is 4.52 Å². The van der Waals surface area contributed by atoms with Gasteiger partial charge in [-0.05, 0) is 30.5 Å². The van der Waals surface area contributed by atoms with Crippen LogP contribution in [0.15, 0.2) is 4.52 Å². The zero-order chi connectivity index (χ0) is 11.1. The van der Waals surface area contributed by atoms with Gasteiger partial charge in [-0.15, -0.1) is 0 Å². The molecule has 0 aliphatic carbocycles. The van der Waals surface area contributed by atoms with Gasteiger partial charge in [0.1, 0.15) is 0 Å². The summed E-state index contributed by atoms with van der Waals surface area (Å²) in [5.41, 5.74) is 10.0. The Morgan fingerprint density at radius 2 is 2.31 bits per heavy atom. The molecule has 0 saturated carbocycles. The van der Waals surface area contributed by atoms with Gasteiger partial charge in [0, 0.05) is 12.2 Å². The van der Waals surface area contributed by atoms with Crippen LogP contribution in [-0.4, -0.2) is 16.7 Å². The highest BCUT2D eigenvalue weighted by Gasteiger charge is 2.21. The third kappa shape index (κ3) is 1.21. The summed E-state index contributed by atoms with van der Waals surface area (Å²) in [5, 5.41) is 8.03. The first-order valence-electron chi connectivity index (χ1n) is 5.57. The minimum atomic E-state index is 0.449. The Bertz CT molecular complexity index is 546. The van der Waals surface area contributed by atoms with Crippen LogP contribution in [0, 0.1) is 0 Å². The van der Waals surface area contributed by atoms with E-state index in [4.69, 9.17) is 10.3 Å². The van der Waals surface area contributed by atoms with E-state index in [1.807, 2.05) is 0 Å². The first kappa shape index (κ1) is 9.59. The number of nitrogens with zero attached hydrogens (tertiary/aromatic N) is 2. The molecular formula is C11H14N4O. The molecule has 0 saturated heterocycles. The summed E-state index contributed by atoms with van der Waals surface area (Å²) >= 11 is 0. The van der Waals surface area contributed by atoms with E-state index in [9.17, 15) is 0 Å². The number of anilines is 1. The Kier molecular flexibility index (Phi) is 2.07. The molecule has 1 aliphatic heterocycles. The molecule has 2 aromatic heterocycles. The molecule has 0 unspecified atom stereocenters. The molecule has 84 valence electrons. The standard InChI is InChI=1S/C11H14N4O/c1-2-8-6-3-4-13-5-7(6)9-10(12)15-16-11(9)14-8/h13H,2-5H2,1H3,(H2,12,15). The molecular weight excluding hydrogens is 204 g/mol. The maximum absolute atomic E-state index is 5.82. The molecule has 0 spiro atoms. The van der Waals surface area contributed by atoms with Crippen LogP contribution in [0.3, 0.4) is 0 Å². The number of nitrogens with two attached hydrogens (primary N) is 1. The summed E-state index contributed by atoms with van der Waals surface area (Å²) in [4.78, 5) is 4.49. The van der Waals surface area contributed by atoms with E-state index in [0.29, 0.717) is 11.5 Å². The fourth-order valence-electron chi connectivity index (χ4n) is 2.38. The van der Waals surface area contributed by atoms with E-state index in [0.717, 1.165) is 37.0 Å². The van der Waals surface area contributed by atoms with Gasteiger partial charge >= 0.3 is 0 Å². The van der Waals surface area contributed by atoms with Crippen LogP contribution in [0.25, 0.3) is 11.1 Å². The topological polar surface area (TPSA) is 77.0 Å². The van der Waals surface area contributed by atoms with E-state index in [-0.39, 0.29) is 0 Å². The Balaban J connectivity index is 2.38. The zero-order valence-corrected chi connectivity index (χ0v) is 9.21. The van der Waals surface area contributed by atoms with Gasteiger partial charge in [-0.1, -0.05) is 12.1 Å². The summed E-state index contributed by atoms with van der Waals surface area (Å²) in [6, 6.07) is 0. The second kappa shape index (κ2) is 3.45. The van der Waals surface area contributed by atoms with Crippen molar-refractivity contribution in [2.45, 2.75) is 26.3 Å². The van der Waals surface area contributed by atoms with Gasteiger partial charge in [-0.25, -0.2) is 4.98 Å². The lowest BCUT2D eigenvalue weighted by Gasteiger charge is -2.19. The van der Waals surface area contributed by atoms with Gasteiger partial charge in [0.25, 0.3) is 5.71 Å². The number of nitrogens with one attached hydrogen (secondary N) is 1. The third-order valence-corrected chi connectivity index (χ3v) is 3.14. The third-order valence-electron chi connectivity index (χ3n) is 3.14. The number of rotatable bonds is 1. The molecule has 5 heteroatoms. The predicted molar refractivity (Wildman–Crippen MR) is 61.0 cm³/mol. The number of hydrogen-bond acceptors (Lipinski definition) is 5. The minimum Gasteiger partial charge on any atom is -0.380 e. The molecule has 5 nitrogen and oxygen atoms in total. The fraction of sp³-hybridized carbons (Fsp3) is 0.455. The van der Waals surface area contributed by atoms with Crippen LogP contribution in [0.5, 0.6) is 0 Å². The van der Waals surface area contributed by atoms with E-state index in [1.54, 1.807) is 0 Å². The zero-order valence-electron chi connectivity index (χ0n) is 9.21. The van der Waals surface area contributed by atoms with E-state index in [1.165, 1.54) is 11.1 Å². The average molecular weight is 218 g/mol. The molecule has 0 aromatic carbocycles. The van der Waals surface area contributed by atoms with Gasteiger partial charge < -0.3 is 15.6 Å². The predicted octanol–water partition coefficient (Wildman–Crippen LogP) is 1.01. The molecule has 0 radical (unpaired) electrons. The summed E-state index contributed by atoms with van der Waals surface area (Å²) in [6.45, 7) is 3.93. The Labute approximate surface area is 93.0 Å². The second-order valence-corrected chi connectivity index (χ2v) is 4.04. The van der Waals surface area contributed by atoms with Crippen molar-refractivity contribution in [2.75, 3.05) is 12.3 Å². The van der Waals surface area contributed by atoms with Crippen molar-refractivity contribution >= 4 is 16.9 Å². The number of hydrogen-bond donors (Lipinski definition) is 2. The summed E-state index contributed by atoms with van der Waals surface area (Å²) in [6.07, 6.45) is 1.92. The van der Waals surface area contributed by atoms with Gasteiger partial charge in [0.15, 0.2) is 5.82 Å². The van der Waals surface area contributed by atoms with Crippen molar-refractivity contribution in [3.8, 4) is 0 Å². The van der Waals surface area contributed by atoms with Crippen molar-refractivity contribution in [3.05, 3.63) is 16.8 Å². The maximum atomic E-state index is 5.82. The normalized spacial score (nSPS) is 15.3. The van der Waals surface area contributed by atoms with E-state index < -0.39 is 0 Å². The summed E-state index contributed by atoms with van der Waals surface area (Å²) in [7, 11) is 0. The number of aryl methyl sites for hydroxylation is 1. The molecule has 16 heavy (non-hydrogen) atoms. The Hall–Kier alpha value is -1.62. The fourth-order valence-corrected chi connectivity index (χ4v) is 2.38. The quantitative estimate of drug-likeness (QED) is 0.747. The first-order chi connectivity index (χ1) is 7.81. The van der Waals surface area contributed by atoms with Gasteiger partial charge in [-0.3, -0.25) is 0 Å². The highest BCUT2D eigenvalue weighted by Crippen LogP contribution is 2.29. The van der Waals surface area contributed by atoms with Gasteiger partial charge in [0.2, 0.25) is 0 Å². The van der Waals surface area contributed by atoms with Gasteiger partial charge in [0.05, 0.1) is 5.39 Å². The highest BCUT2D eigenvalue weighted by molar-refractivity contribution is 5.89. The van der Waals surface area contributed by atoms with Crippen molar-refractivity contribution in [1.82, 2.24) is 15.5 Å². The molecule has 2 aromatic rings.